The molecular formula is C18H27N9. The lowest BCUT2D eigenvalue weighted by molar-refractivity contribution is 0.573. The van der Waals surface area contributed by atoms with Gasteiger partial charge in [0.2, 0.25) is 0 Å². The van der Waals surface area contributed by atoms with Gasteiger partial charge in [0.05, 0.1) is 0 Å². The fourth-order valence-electron chi connectivity index (χ4n) is 3.75. The van der Waals surface area contributed by atoms with Crippen molar-refractivity contribution < 1.29 is 0 Å². The third-order valence-corrected chi connectivity index (χ3v) is 5.19. The predicted molar refractivity (Wildman–Crippen MR) is 106 cm³/mol. The molecule has 9 nitrogen and oxygen atoms in total. The largest absolute Gasteiger partial charge is 0.370 e. The summed E-state index contributed by atoms with van der Waals surface area (Å²) in [5.74, 6) is 1.60. The van der Waals surface area contributed by atoms with E-state index in [2.05, 4.69) is 73.0 Å². The fraction of sp³-hybridized carbons (Fsp3) is 0.500. The van der Waals surface area contributed by atoms with E-state index in [0.29, 0.717) is 0 Å². The average molecular weight is 369 g/mol. The zero-order chi connectivity index (χ0) is 18.8. The zero-order valence-corrected chi connectivity index (χ0v) is 16.0. The molecule has 9 heteroatoms. The molecule has 27 heavy (non-hydrogen) atoms. The highest BCUT2D eigenvalue weighted by Gasteiger charge is 2.34. The van der Waals surface area contributed by atoms with Crippen LogP contribution in [0.5, 0.6) is 0 Å². The van der Waals surface area contributed by atoms with Crippen LogP contribution in [0.15, 0.2) is 37.2 Å². The second kappa shape index (κ2) is 7.34. The third kappa shape index (κ3) is 2.92. The molecular weight excluding hydrogens is 342 g/mol. The molecule has 4 rings (SSSR count). The molecule has 1 aromatic heterocycles. The van der Waals surface area contributed by atoms with Crippen LogP contribution < -0.4 is 30.7 Å². The highest BCUT2D eigenvalue weighted by molar-refractivity contribution is 5.82. The summed E-state index contributed by atoms with van der Waals surface area (Å²) < 4.78 is 0. The van der Waals surface area contributed by atoms with Gasteiger partial charge in [0.1, 0.15) is 24.2 Å². The van der Waals surface area contributed by atoms with Crippen molar-refractivity contribution in [3.63, 3.8) is 0 Å². The fourth-order valence-corrected chi connectivity index (χ4v) is 3.75. The first-order valence-corrected chi connectivity index (χ1v) is 9.65. The van der Waals surface area contributed by atoms with Crippen molar-refractivity contribution in [2.24, 2.45) is 0 Å². The molecule has 3 atom stereocenters. The molecule has 0 radical (unpaired) electrons. The Balaban J connectivity index is 1.84. The topological polar surface area (TPSA) is 84.5 Å². The molecule has 4 heterocycles. The molecule has 0 aromatic carbocycles. The summed E-state index contributed by atoms with van der Waals surface area (Å²) in [6.45, 7) is 6.47. The zero-order valence-electron chi connectivity index (χ0n) is 16.0. The Morgan fingerprint density at radius 1 is 0.704 bits per heavy atom. The van der Waals surface area contributed by atoms with Crippen LogP contribution in [0.2, 0.25) is 0 Å². The molecule has 1 aromatic rings. The maximum absolute atomic E-state index is 4.45. The standard InChI is InChI=1S/C18H27N9/c1-4-13-19-7-10-25(13)16-17(26-11-8-20-14(26)5-2)22-24-23-18(16)27-12-9-21-15(27)6-3/h7-15,19-21H,4-6H2,1-3H3. The maximum Gasteiger partial charge on any atom is 0.186 e. The van der Waals surface area contributed by atoms with Gasteiger partial charge in [-0.1, -0.05) is 20.8 Å². The molecule has 144 valence electrons. The van der Waals surface area contributed by atoms with Crippen LogP contribution >= 0.6 is 0 Å². The number of hydrogen-bond acceptors (Lipinski definition) is 9. The normalized spacial score (nSPS) is 25.9. The minimum absolute atomic E-state index is 0.155. The Hall–Kier alpha value is -2.97. The minimum atomic E-state index is 0.155. The van der Waals surface area contributed by atoms with E-state index in [1.165, 1.54) is 0 Å². The van der Waals surface area contributed by atoms with Crippen LogP contribution in [-0.4, -0.2) is 33.9 Å². The molecule has 0 saturated carbocycles. The van der Waals surface area contributed by atoms with Crippen molar-refractivity contribution in [1.82, 2.24) is 31.4 Å². The van der Waals surface area contributed by atoms with Gasteiger partial charge in [0, 0.05) is 37.2 Å². The molecule has 0 fully saturated rings. The quantitative estimate of drug-likeness (QED) is 0.694. The average Bonchev–Trinajstić information content (AvgIpc) is 3.46. The Kier molecular flexibility index (Phi) is 4.74. The van der Waals surface area contributed by atoms with Gasteiger partial charge in [-0.15, -0.1) is 10.2 Å². The van der Waals surface area contributed by atoms with Crippen LogP contribution in [0.3, 0.4) is 0 Å². The van der Waals surface area contributed by atoms with E-state index >= 15 is 0 Å². The first-order chi connectivity index (χ1) is 13.3. The van der Waals surface area contributed by atoms with Crippen molar-refractivity contribution in [1.29, 1.82) is 0 Å². The predicted octanol–water partition coefficient (Wildman–Crippen LogP) is 1.72. The summed E-state index contributed by atoms with van der Waals surface area (Å²) >= 11 is 0. The van der Waals surface area contributed by atoms with Crippen LogP contribution in [0.25, 0.3) is 0 Å². The Morgan fingerprint density at radius 3 is 1.56 bits per heavy atom. The van der Waals surface area contributed by atoms with Gasteiger partial charge in [0.25, 0.3) is 0 Å². The number of anilines is 3. The first-order valence-electron chi connectivity index (χ1n) is 9.65. The second-order valence-corrected chi connectivity index (χ2v) is 6.73. The van der Waals surface area contributed by atoms with Crippen LogP contribution in [0.4, 0.5) is 17.3 Å². The Bertz CT molecular complexity index is 713. The SMILES string of the molecule is CCC1NC=CN1c1nnnc(N2C=CNC2CC)c1N1C=CNC1CC. The van der Waals surface area contributed by atoms with Crippen LogP contribution in [0.1, 0.15) is 40.0 Å². The number of hydrogen-bond donors (Lipinski definition) is 3. The molecule has 0 aliphatic carbocycles. The molecule has 0 spiro atoms. The van der Waals surface area contributed by atoms with Gasteiger partial charge in [-0.3, -0.25) is 0 Å². The van der Waals surface area contributed by atoms with Crippen molar-refractivity contribution in [3.8, 4) is 0 Å². The monoisotopic (exact) mass is 369 g/mol. The number of rotatable bonds is 6. The van der Waals surface area contributed by atoms with E-state index < -0.39 is 0 Å². The van der Waals surface area contributed by atoms with Gasteiger partial charge >= 0.3 is 0 Å². The number of nitrogens with one attached hydrogen (secondary N) is 3. The van der Waals surface area contributed by atoms with Crippen molar-refractivity contribution >= 4 is 17.3 Å². The van der Waals surface area contributed by atoms with Gasteiger partial charge in [-0.25, -0.2) is 0 Å². The number of nitrogens with zero attached hydrogens (tertiary/aromatic N) is 6. The summed E-state index contributed by atoms with van der Waals surface area (Å²) in [6.07, 6.45) is 15.3. The third-order valence-electron chi connectivity index (χ3n) is 5.19. The van der Waals surface area contributed by atoms with Crippen LogP contribution in [0, 0.1) is 0 Å². The molecule has 0 bridgehead atoms. The molecule has 3 unspecified atom stereocenters. The van der Waals surface area contributed by atoms with E-state index in [9.17, 15) is 0 Å². The molecule has 3 N–H and O–H groups in total. The van der Waals surface area contributed by atoms with Crippen molar-refractivity contribution in [2.45, 2.75) is 58.5 Å². The lowest BCUT2D eigenvalue weighted by atomic mass is 10.2. The van der Waals surface area contributed by atoms with Crippen molar-refractivity contribution in [2.75, 3.05) is 14.7 Å². The Labute approximate surface area is 159 Å². The van der Waals surface area contributed by atoms with Gasteiger partial charge in [-0.2, -0.15) is 0 Å². The van der Waals surface area contributed by atoms with E-state index in [4.69, 9.17) is 0 Å². The van der Waals surface area contributed by atoms with Gasteiger partial charge in [0.15, 0.2) is 11.6 Å². The summed E-state index contributed by atoms with van der Waals surface area (Å²) in [7, 11) is 0. The molecule has 3 aliphatic heterocycles. The molecule has 0 saturated heterocycles. The van der Waals surface area contributed by atoms with Crippen LogP contribution in [-0.2, 0) is 0 Å². The van der Waals surface area contributed by atoms with Crippen molar-refractivity contribution in [3.05, 3.63) is 37.2 Å². The maximum atomic E-state index is 4.45. The Morgan fingerprint density at radius 2 is 1.11 bits per heavy atom. The van der Waals surface area contributed by atoms with Gasteiger partial charge < -0.3 is 30.7 Å². The summed E-state index contributed by atoms with van der Waals surface area (Å²) in [6, 6.07) is 0. The smallest absolute Gasteiger partial charge is 0.186 e. The van der Waals surface area contributed by atoms with Gasteiger partial charge in [-0.05, 0) is 24.5 Å². The molecule has 0 amide bonds. The summed E-state index contributed by atoms with van der Waals surface area (Å²) in [4.78, 5) is 6.49. The lowest BCUT2D eigenvalue weighted by Gasteiger charge is -2.34. The van der Waals surface area contributed by atoms with E-state index in [-0.39, 0.29) is 18.5 Å². The van der Waals surface area contributed by atoms with E-state index in [0.717, 1.165) is 36.6 Å². The molecule has 3 aliphatic rings. The number of aromatic nitrogens is 3. The highest BCUT2D eigenvalue weighted by Crippen LogP contribution is 2.40. The highest BCUT2D eigenvalue weighted by atomic mass is 15.5. The minimum Gasteiger partial charge on any atom is -0.370 e. The van der Waals surface area contributed by atoms with E-state index in [1.54, 1.807) is 0 Å². The summed E-state index contributed by atoms with van der Waals surface area (Å²) in [5, 5.41) is 23.2. The van der Waals surface area contributed by atoms with E-state index in [1.807, 2.05) is 31.0 Å². The second-order valence-electron chi connectivity index (χ2n) is 6.73. The summed E-state index contributed by atoms with van der Waals surface area (Å²) in [5.41, 5.74) is 0.955. The lowest BCUT2D eigenvalue weighted by Crippen LogP contribution is -2.41. The first kappa shape index (κ1) is 17.4.